The minimum atomic E-state index is -3.66. The molecule has 100 valence electrons. The second-order valence-electron chi connectivity index (χ2n) is 3.82. The molecule has 0 amide bonds. The average molecular weight is 342 g/mol. The lowest BCUT2D eigenvalue weighted by Crippen LogP contribution is -2.23. The number of benzene rings is 2. The van der Waals surface area contributed by atoms with Crippen molar-refractivity contribution in [1.82, 2.24) is 4.89 Å². The molecule has 0 saturated carbocycles. The van der Waals surface area contributed by atoms with Gasteiger partial charge in [-0.2, -0.15) is 0 Å². The van der Waals surface area contributed by atoms with Crippen LogP contribution in [-0.2, 0) is 21.5 Å². The van der Waals surface area contributed by atoms with Gasteiger partial charge in [0.05, 0.1) is 11.5 Å². The predicted molar refractivity (Wildman–Crippen MR) is 75.7 cm³/mol. The maximum Gasteiger partial charge on any atom is 0.262 e. The minimum absolute atomic E-state index is 0.148. The number of hydrogen-bond donors (Lipinski definition) is 1. The molecule has 2 aromatic carbocycles. The average Bonchev–Trinajstić information content (AvgIpc) is 2.40. The molecule has 0 aliphatic carbocycles. The van der Waals surface area contributed by atoms with Crippen LogP contribution in [-0.4, -0.2) is 8.42 Å². The Morgan fingerprint density at radius 2 is 1.79 bits per heavy atom. The first-order valence-corrected chi connectivity index (χ1v) is 7.79. The van der Waals surface area contributed by atoms with Crippen molar-refractivity contribution in [3.8, 4) is 0 Å². The molecule has 2 aromatic rings. The van der Waals surface area contributed by atoms with Crippen LogP contribution in [0.25, 0.3) is 0 Å². The summed E-state index contributed by atoms with van der Waals surface area (Å²) in [4.78, 5) is 7.28. The summed E-state index contributed by atoms with van der Waals surface area (Å²) < 4.78 is 24.5. The predicted octanol–water partition coefficient (Wildman–Crippen LogP) is 2.86. The van der Waals surface area contributed by atoms with E-state index in [1.165, 1.54) is 12.1 Å². The molecule has 0 saturated heterocycles. The van der Waals surface area contributed by atoms with Gasteiger partial charge in [-0.05, 0) is 23.8 Å². The SMILES string of the molecule is O=S(=O)(NOCc1ccccc1)c1cccc(Br)c1. The molecule has 4 nitrogen and oxygen atoms in total. The van der Waals surface area contributed by atoms with Crippen molar-refractivity contribution >= 4 is 26.0 Å². The van der Waals surface area contributed by atoms with Crippen LogP contribution in [0.4, 0.5) is 0 Å². The van der Waals surface area contributed by atoms with E-state index in [4.69, 9.17) is 4.84 Å². The Balaban J connectivity index is 1.99. The molecule has 0 radical (unpaired) electrons. The first-order chi connectivity index (χ1) is 9.08. The molecule has 2 rings (SSSR count). The summed E-state index contributed by atoms with van der Waals surface area (Å²) in [6.45, 7) is 0.175. The molecular formula is C13H12BrNO3S. The highest BCUT2D eigenvalue weighted by atomic mass is 79.9. The van der Waals surface area contributed by atoms with Crippen LogP contribution in [0.2, 0.25) is 0 Å². The Morgan fingerprint density at radius 1 is 1.05 bits per heavy atom. The molecule has 19 heavy (non-hydrogen) atoms. The van der Waals surface area contributed by atoms with Gasteiger partial charge in [-0.3, -0.25) is 4.84 Å². The van der Waals surface area contributed by atoms with Gasteiger partial charge in [0.15, 0.2) is 0 Å². The van der Waals surface area contributed by atoms with Gasteiger partial charge in [-0.1, -0.05) is 57.2 Å². The van der Waals surface area contributed by atoms with Crippen molar-refractivity contribution in [2.24, 2.45) is 0 Å². The molecule has 0 unspecified atom stereocenters. The summed E-state index contributed by atoms with van der Waals surface area (Å²) in [5.74, 6) is 0. The molecule has 0 aromatic heterocycles. The third-order valence-corrected chi connectivity index (χ3v) is 4.06. The fourth-order valence-corrected chi connectivity index (χ4v) is 2.85. The standard InChI is InChI=1S/C13H12BrNO3S/c14-12-7-4-8-13(9-12)19(16,17)15-18-10-11-5-2-1-3-6-11/h1-9,15H,10H2. The van der Waals surface area contributed by atoms with Crippen LogP contribution < -0.4 is 4.89 Å². The van der Waals surface area contributed by atoms with E-state index in [9.17, 15) is 8.42 Å². The van der Waals surface area contributed by atoms with Crippen LogP contribution >= 0.6 is 15.9 Å². The van der Waals surface area contributed by atoms with E-state index >= 15 is 0 Å². The normalized spacial score (nSPS) is 11.4. The summed E-state index contributed by atoms with van der Waals surface area (Å²) in [6, 6.07) is 15.7. The zero-order valence-electron chi connectivity index (χ0n) is 9.91. The Labute approximate surface area is 120 Å². The Hall–Kier alpha value is -1.21. The zero-order valence-corrected chi connectivity index (χ0v) is 12.3. The molecule has 1 N–H and O–H groups in total. The van der Waals surface area contributed by atoms with Gasteiger partial charge in [-0.25, -0.2) is 8.42 Å². The maximum atomic E-state index is 11.9. The van der Waals surface area contributed by atoms with Crippen LogP contribution in [0.3, 0.4) is 0 Å². The second-order valence-corrected chi connectivity index (χ2v) is 6.38. The quantitative estimate of drug-likeness (QED) is 0.850. The summed E-state index contributed by atoms with van der Waals surface area (Å²) in [6.07, 6.45) is 0. The Kier molecular flexibility index (Phi) is 4.71. The highest BCUT2D eigenvalue weighted by molar-refractivity contribution is 9.10. The van der Waals surface area contributed by atoms with Crippen LogP contribution in [0.15, 0.2) is 64.0 Å². The van der Waals surface area contributed by atoms with Gasteiger partial charge >= 0.3 is 0 Å². The van der Waals surface area contributed by atoms with E-state index in [1.54, 1.807) is 12.1 Å². The summed E-state index contributed by atoms with van der Waals surface area (Å²) in [5.41, 5.74) is 0.888. The fraction of sp³-hybridized carbons (Fsp3) is 0.0769. The number of halogens is 1. The molecule has 0 atom stereocenters. The second kappa shape index (κ2) is 6.29. The van der Waals surface area contributed by atoms with E-state index in [-0.39, 0.29) is 11.5 Å². The first-order valence-electron chi connectivity index (χ1n) is 5.51. The van der Waals surface area contributed by atoms with Gasteiger partial charge in [-0.15, -0.1) is 0 Å². The van der Waals surface area contributed by atoms with E-state index < -0.39 is 10.0 Å². The molecule has 0 heterocycles. The van der Waals surface area contributed by atoms with Gasteiger partial charge in [0.1, 0.15) is 0 Å². The molecule has 6 heteroatoms. The van der Waals surface area contributed by atoms with Crippen molar-refractivity contribution in [1.29, 1.82) is 0 Å². The topological polar surface area (TPSA) is 55.4 Å². The third-order valence-electron chi connectivity index (χ3n) is 2.36. The highest BCUT2D eigenvalue weighted by Crippen LogP contribution is 2.15. The molecule has 0 bridgehead atoms. The number of nitrogens with one attached hydrogen (secondary N) is 1. The summed E-state index contributed by atoms with van der Waals surface area (Å²) >= 11 is 3.23. The van der Waals surface area contributed by atoms with E-state index in [1.807, 2.05) is 30.3 Å². The van der Waals surface area contributed by atoms with Crippen LogP contribution in [0.1, 0.15) is 5.56 Å². The van der Waals surface area contributed by atoms with Crippen molar-refractivity contribution in [3.63, 3.8) is 0 Å². The van der Waals surface area contributed by atoms with Crippen LogP contribution in [0.5, 0.6) is 0 Å². The van der Waals surface area contributed by atoms with Crippen molar-refractivity contribution in [2.45, 2.75) is 11.5 Å². The molecule has 0 aliphatic heterocycles. The highest BCUT2D eigenvalue weighted by Gasteiger charge is 2.14. The van der Waals surface area contributed by atoms with Gasteiger partial charge in [0.25, 0.3) is 10.0 Å². The smallest absolute Gasteiger partial charge is 0.262 e. The van der Waals surface area contributed by atoms with Crippen molar-refractivity contribution in [3.05, 3.63) is 64.6 Å². The summed E-state index contributed by atoms with van der Waals surface area (Å²) in [7, 11) is -3.66. The lowest BCUT2D eigenvalue weighted by molar-refractivity contribution is 0.0795. The van der Waals surface area contributed by atoms with Gasteiger partial charge < -0.3 is 0 Å². The Morgan fingerprint density at radius 3 is 2.47 bits per heavy atom. The lowest BCUT2D eigenvalue weighted by Gasteiger charge is -2.07. The third kappa shape index (κ3) is 4.14. The molecule has 0 aliphatic rings. The number of sulfonamides is 1. The number of rotatable bonds is 5. The molecule has 0 spiro atoms. The molecule has 0 fully saturated rings. The Bertz CT molecular complexity index is 644. The first kappa shape index (κ1) is 14.2. The minimum Gasteiger partial charge on any atom is -0.282 e. The van der Waals surface area contributed by atoms with E-state index in [0.717, 1.165) is 5.56 Å². The lowest BCUT2D eigenvalue weighted by atomic mass is 10.2. The monoisotopic (exact) mass is 341 g/mol. The molecular weight excluding hydrogens is 330 g/mol. The number of hydrogen-bond acceptors (Lipinski definition) is 3. The van der Waals surface area contributed by atoms with E-state index in [0.29, 0.717) is 4.47 Å². The fourth-order valence-electron chi connectivity index (χ4n) is 1.45. The van der Waals surface area contributed by atoms with Crippen molar-refractivity contribution < 1.29 is 13.3 Å². The maximum absolute atomic E-state index is 11.9. The van der Waals surface area contributed by atoms with Gasteiger partial charge in [0, 0.05) is 4.47 Å². The van der Waals surface area contributed by atoms with Gasteiger partial charge in [0.2, 0.25) is 0 Å². The van der Waals surface area contributed by atoms with E-state index in [2.05, 4.69) is 20.8 Å². The summed E-state index contributed by atoms with van der Waals surface area (Å²) in [5, 5.41) is 0. The van der Waals surface area contributed by atoms with Crippen LogP contribution in [0, 0.1) is 0 Å². The largest absolute Gasteiger partial charge is 0.282 e. The van der Waals surface area contributed by atoms with Crippen molar-refractivity contribution in [2.75, 3.05) is 0 Å². The zero-order chi connectivity index (χ0) is 13.7.